The van der Waals surface area contributed by atoms with E-state index >= 15 is 0 Å². The van der Waals surface area contributed by atoms with Gasteiger partial charge in [0.15, 0.2) is 0 Å². The summed E-state index contributed by atoms with van der Waals surface area (Å²) in [5, 5.41) is 11.6. The Hall–Kier alpha value is -1.10. The van der Waals surface area contributed by atoms with Crippen molar-refractivity contribution in [2.45, 2.75) is 25.3 Å². The monoisotopic (exact) mass is 227 g/mol. The summed E-state index contributed by atoms with van der Waals surface area (Å²) in [6.07, 6.45) is 2.73. The molecule has 2 aliphatic rings. The molecule has 0 bridgehead atoms. The van der Waals surface area contributed by atoms with Crippen molar-refractivity contribution in [2.24, 2.45) is 17.8 Å². The summed E-state index contributed by atoms with van der Waals surface area (Å²) in [6, 6.07) is 0.0625. The van der Waals surface area contributed by atoms with E-state index in [1.165, 1.54) is 0 Å². The van der Waals surface area contributed by atoms with Gasteiger partial charge >= 0.3 is 5.97 Å². The Balaban J connectivity index is 1.79. The molecule has 0 aromatic heterocycles. The molecule has 5 heteroatoms. The van der Waals surface area contributed by atoms with Gasteiger partial charge in [0.25, 0.3) is 0 Å². The molecule has 0 aromatic rings. The van der Waals surface area contributed by atoms with E-state index in [0.29, 0.717) is 18.9 Å². The van der Waals surface area contributed by atoms with E-state index in [4.69, 9.17) is 9.84 Å². The lowest BCUT2D eigenvalue weighted by atomic mass is 10.2. The first-order valence-corrected chi connectivity index (χ1v) is 5.65. The molecule has 2 N–H and O–H groups in total. The second kappa shape index (κ2) is 4.41. The predicted molar refractivity (Wildman–Crippen MR) is 55.8 cm³/mol. The third-order valence-corrected chi connectivity index (χ3v) is 3.31. The quantitative estimate of drug-likeness (QED) is 0.682. The van der Waals surface area contributed by atoms with E-state index in [1.807, 2.05) is 0 Å². The molecule has 0 radical (unpaired) electrons. The van der Waals surface area contributed by atoms with Crippen LogP contribution in [0, 0.1) is 17.8 Å². The molecular formula is C11H17NO4. The number of hydrogen-bond acceptors (Lipinski definition) is 3. The molecular weight excluding hydrogens is 210 g/mol. The second-order valence-corrected chi connectivity index (χ2v) is 4.69. The van der Waals surface area contributed by atoms with Gasteiger partial charge in [-0.3, -0.25) is 9.59 Å². The van der Waals surface area contributed by atoms with Gasteiger partial charge in [-0.25, -0.2) is 0 Å². The first-order chi connectivity index (χ1) is 7.63. The maximum Gasteiger partial charge on any atom is 0.307 e. The maximum absolute atomic E-state index is 11.7. The number of methoxy groups -OCH3 is 1. The summed E-state index contributed by atoms with van der Waals surface area (Å²) in [4.78, 5) is 22.3. The van der Waals surface area contributed by atoms with Gasteiger partial charge in [0.2, 0.25) is 5.91 Å². The average molecular weight is 227 g/mol. The number of hydrogen-bond donors (Lipinski definition) is 2. The van der Waals surface area contributed by atoms with Crippen LogP contribution in [0.3, 0.4) is 0 Å². The predicted octanol–water partition coefficient (Wildman–Crippen LogP) is 0.248. The Morgan fingerprint density at radius 1 is 1.44 bits per heavy atom. The lowest BCUT2D eigenvalue weighted by Gasteiger charge is -2.17. The SMILES string of the molecule is COCC(NC(=O)C1CC1C(=O)O)C1CC1. The van der Waals surface area contributed by atoms with E-state index in [9.17, 15) is 9.59 Å². The number of ether oxygens (including phenoxy) is 1. The lowest BCUT2D eigenvalue weighted by Crippen LogP contribution is -2.40. The number of carboxylic acid groups (broad SMARTS) is 1. The fraction of sp³-hybridized carbons (Fsp3) is 0.818. The molecule has 5 nitrogen and oxygen atoms in total. The molecule has 90 valence electrons. The zero-order chi connectivity index (χ0) is 11.7. The molecule has 1 amide bonds. The second-order valence-electron chi connectivity index (χ2n) is 4.69. The molecule has 0 aliphatic heterocycles. The van der Waals surface area contributed by atoms with Crippen LogP contribution in [0.5, 0.6) is 0 Å². The highest BCUT2D eigenvalue weighted by atomic mass is 16.5. The van der Waals surface area contributed by atoms with Crippen molar-refractivity contribution < 1.29 is 19.4 Å². The molecule has 0 aromatic carbocycles. The van der Waals surface area contributed by atoms with Crippen molar-refractivity contribution in [3.8, 4) is 0 Å². The van der Waals surface area contributed by atoms with Gasteiger partial charge in [0.05, 0.1) is 24.5 Å². The van der Waals surface area contributed by atoms with Crippen LogP contribution in [0.15, 0.2) is 0 Å². The first kappa shape index (κ1) is 11.4. The Kier molecular flexibility index (Phi) is 3.14. The number of aliphatic carboxylic acids is 1. The van der Waals surface area contributed by atoms with Gasteiger partial charge in [0.1, 0.15) is 0 Å². The molecule has 2 fully saturated rings. The van der Waals surface area contributed by atoms with Crippen molar-refractivity contribution in [3.63, 3.8) is 0 Å². The topological polar surface area (TPSA) is 75.6 Å². The fourth-order valence-electron chi connectivity index (χ4n) is 2.02. The van der Waals surface area contributed by atoms with Crippen LogP contribution in [0.4, 0.5) is 0 Å². The van der Waals surface area contributed by atoms with Gasteiger partial charge in [-0.2, -0.15) is 0 Å². The molecule has 0 spiro atoms. The van der Waals surface area contributed by atoms with E-state index in [1.54, 1.807) is 7.11 Å². The maximum atomic E-state index is 11.7. The number of carbonyl (C=O) groups excluding carboxylic acids is 1. The fourth-order valence-corrected chi connectivity index (χ4v) is 2.02. The van der Waals surface area contributed by atoms with Gasteiger partial charge in [0, 0.05) is 7.11 Å². The zero-order valence-corrected chi connectivity index (χ0v) is 9.31. The van der Waals surface area contributed by atoms with E-state index in [-0.39, 0.29) is 17.9 Å². The van der Waals surface area contributed by atoms with Crippen LogP contribution in [0.1, 0.15) is 19.3 Å². The number of carboxylic acids is 1. The molecule has 16 heavy (non-hydrogen) atoms. The van der Waals surface area contributed by atoms with Crippen LogP contribution in [-0.2, 0) is 14.3 Å². The lowest BCUT2D eigenvalue weighted by molar-refractivity contribution is -0.140. The Morgan fingerprint density at radius 2 is 2.12 bits per heavy atom. The summed E-state index contributed by atoms with van der Waals surface area (Å²) in [7, 11) is 1.61. The number of carbonyl (C=O) groups is 2. The van der Waals surface area contributed by atoms with Gasteiger partial charge in [-0.1, -0.05) is 0 Å². The smallest absolute Gasteiger partial charge is 0.307 e. The van der Waals surface area contributed by atoms with Crippen molar-refractivity contribution in [2.75, 3.05) is 13.7 Å². The van der Waals surface area contributed by atoms with Crippen molar-refractivity contribution in [1.82, 2.24) is 5.32 Å². The van der Waals surface area contributed by atoms with E-state index < -0.39 is 11.9 Å². The Bertz CT molecular complexity index is 300. The minimum absolute atomic E-state index is 0.0625. The van der Waals surface area contributed by atoms with E-state index in [0.717, 1.165) is 12.8 Å². The Morgan fingerprint density at radius 3 is 2.56 bits per heavy atom. The summed E-state index contributed by atoms with van der Waals surface area (Å²) in [6.45, 7) is 0.515. The molecule has 2 aliphatic carbocycles. The summed E-state index contributed by atoms with van der Waals surface area (Å²) >= 11 is 0. The number of amides is 1. The minimum Gasteiger partial charge on any atom is -0.481 e. The molecule has 3 unspecified atom stereocenters. The normalized spacial score (nSPS) is 29.6. The highest BCUT2D eigenvalue weighted by molar-refractivity contribution is 5.89. The molecule has 0 saturated heterocycles. The minimum atomic E-state index is -0.866. The molecule has 2 rings (SSSR count). The average Bonchev–Trinajstić information content (AvgIpc) is 3.09. The zero-order valence-electron chi connectivity index (χ0n) is 9.31. The summed E-state index contributed by atoms with van der Waals surface area (Å²) in [5.41, 5.74) is 0. The number of nitrogens with one attached hydrogen (secondary N) is 1. The molecule has 3 atom stereocenters. The van der Waals surface area contributed by atoms with Gasteiger partial charge in [-0.05, 0) is 25.2 Å². The van der Waals surface area contributed by atoms with E-state index in [2.05, 4.69) is 5.32 Å². The standard InChI is InChI=1S/C11H17NO4/c1-16-5-9(6-2-3-6)12-10(13)7-4-8(7)11(14)15/h6-9H,2-5H2,1H3,(H,12,13)(H,14,15). The van der Waals surface area contributed by atoms with Gasteiger partial charge < -0.3 is 15.2 Å². The third-order valence-electron chi connectivity index (χ3n) is 3.31. The van der Waals surface area contributed by atoms with Crippen molar-refractivity contribution >= 4 is 11.9 Å². The van der Waals surface area contributed by atoms with Crippen LogP contribution >= 0.6 is 0 Å². The molecule has 2 saturated carbocycles. The summed E-state index contributed by atoms with van der Waals surface area (Å²) < 4.78 is 5.05. The third kappa shape index (κ3) is 2.52. The first-order valence-electron chi connectivity index (χ1n) is 5.65. The van der Waals surface area contributed by atoms with Crippen LogP contribution in [0.25, 0.3) is 0 Å². The van der Waals surface area contributed by atoms with Crippen molar-refractivity contribution in [3.05, 3.63) is 0 Å². The summed E-state index contributed by atoms with van der Waals surface area (Å²) in [5.74, 6) is -1.26. The number of rotatable bonds is 6. The van der Waals surface area contributed by atoms with Crippen LogP contribution < -0.4 is 5.32 Å². The highest BCUT2D eigenvalue weighted by Gasteiger charge is 2.49. The van der Waals surface area contributed by atoms with Crippen LogP contribution in [-0.4, -0.2) is 36.7 Å². The highest BCUT2D eigenvalue weighted by Crippen LogP contribution is 2.39. The molecule has 0 heterocycles. The van der Waals surface area contributed by atoms with Gasteiger partial charge in [-0.15, -0.1) is 0 Å². The van der Waals surface area contributed by atoms with Crippen LogP contribution in [0.2, 0.25) is 0 Å². The largest absolute Gasteiger partial charge is 0.481 e. The van der Waals surface area contributed by atoms with Crippen molar-refractivity contribution in [1.29, 1.82) is 0 Å². The Labute approximate surface area is 94.2 Å².